The summed E-state index contributed by atoms with van der Waals surface area (Å²) in [6, 6.07) is 0. The molecule has 10 heavy (non-hydrogen) atoms. The van der Waals surface area contributed by atoms with Crippen molar-refractivity contribution in [3.8, 4) is 0 Å². The van der Waals surface area contributed by atoms with E-state index in [9.17, 15) is 4.79 Å². The van der Waals surface area contributed by atoms with Gasteiger partial charge in [-0.3, -0.25) is 4.79 Å². The van der Waals surface area contributed by atoms with E-state index in [1.54, 1.807) is 7.11 Å². The van der Waals surface area contributed by atoms with Crippen LogP contribution < -0.4 is 0 Å². The molecule has 0 aliphatic rings. The molecule has 3 heteroatoms. The van der Waals surface area contributed by atoms with Crippen LogP contribution in [-0.4, -0.2) is 25.8 Å². The number of carbonyl (C=O) groups excluding carboxylic acids is 1. The Bertz CT molecular complexity index is 97.0. The molecule has 0 rings (SSSR count). The van der Waals surface area contributed by atoms with Gasteiger partial charge < -0.3 is 9.47 Å². The van der Waals surface area contributed by atoms with Crippen molar-refractivity contribution in [3.05, 3.63) is 0 Å². The number of ether oxygens (including phenoxy) is 2. The van der Waals surface area contributed by atoms with E-state index in [-0.39, 0.29) is 18.7 Å². The summed E-state index contributed by atoms with van der Waals surface area (Å²) in [6.45, 7) is 3.57. The van der Waals surface area contributed by atoms with Crippen molar-refractivity contribution < 1.29 is 14.3 Å². The van der Waals surface area contributed by atoms with E-state index in [4.69, 9.17) is 9.47 Å². The third-order valence-corrected chi connectivity index (χ3v) is 1.07. The van der Waals surface area contributed by atoms with Crippen molar-refractivity contribution in [2.75, 3.05) is 13.7 Å². The molecule has 0 saturated heterocycles. The van der Waals surface area contributed by atoms with Crippen LogP contribution in [0.2, 0.25) is 0 Å². The third kappa shape index (κ3) is 4.47. The van der Waals surface area contributed by atoms with E-state index in [0.29, 0.717) is 0 Å². The molecule has 60 valence electrons. The fourth-order valence-electron chi connectivity index (χ4n) is 0.563. The quantitative estimate of drug-likeness (QED) is 0.542. The molecule has 0 aliphatic carbocycles. The summed E-state index contributed by atoms with van der Waals surface area (Å²) in [5.41, 5.74) is 0. The molecule has 0 aromatic rings. The SMILES string of the molecule is CCC(OC)OCC(C)=O. The fourth-order valence-corrected chi connectivity index (χ4v) is 0.563. The van der Waals surface area contributed by atoms with Crippen LogP contribution in [0.1, 0.15) is 20.3 Å². The predicted octanol–water partition coefficient (Wildman–Crippen LogP) is 0.974. The van der Waals surface area contributed by atoms with Crippen LogP contribution in [0.3, 0.4) is 0 Å². The number of methoxy groups -OCH3 is 1. The highest BCUT2D eigenvalue weighted by molar-refractivity contribution is 5.76. The maximum atomic E-state index is 10.4. The van der Waals surface area contributed by atoms with Crippen molar-refractivity contribution in [1.29, 1.82) is 0 Å². The second-order valence-corrected chi connectivity index (χ2v) is 2.09. The molecule has 0 amide bonds. The molecule has 0 aromatic carbocycles. The van der Waals surface area contributed by atoms with Gasteiger partial charge in [-0.2, -0.15) is 0 Å². The normalized spacial score (nSPS) is 13.1. The Balaban J connectivity index is 3.34. The van der Waals surface area contributed by atoms with Crippen molar-refractivity contribution in [2.45, 2.75) is 26.6 Å². The predicted molar refractivity (Wildman–Crippen MR) is 37.7 cm³/mol. The Labute approximate surface area is 61.3 Å². The molecule has 3 nitrogen and oxygen atoms in total. The lowest BCUT2D eigenvalue weighted by Gasteiger charge is -2.11. The fraction of sp³-hybridized carbons (Fsp3) is 0.857. The van der Waals surface area contributed by atoms with Crippen LogP contribution in [0.25, 0.3) is 0 Å². The lowest BCUT2D eigenvalue weighted by Crippen LogP contribution is -2.17. The highest BCUT2D eigenvalue weighted by atomic mass is 16.7. The van der Waals surface area contributed by atoms with Gasteiger partial charge in [0.15, 0.2) is 12.1 Å². The van der Waals surface area contributed by atoms with Gasteiger partial charge in [-0.1, -0.05) is 6.92 Å². The molecule has 0 N–H and O–H groups in total. The van der Waals surface area contributed by atoms with Gasteiger partial charge in [0.25, 0.3) is 0 Å². The van der Waals surface area contributed by atoms with Crippen molar-refractivity contribution >= 4 is 5.78 Å². The Morgan fingerprint density at radius 2 is 2.20 bits per heavy atom. The summed E-state index contributed by atoms with van der Waals surface area (Å²) in [4.78, 5) is 10.4. The molecule has 0 spiro atoms. The molecule has 0 bridgehead atoms. The summed E-state index contributed by atoms with van der Waals surface area (Å²) in [6.07, 6.45) is 0.535. The first-order valence-corrected chi connectivity index (χ1v) is 3.34. The topological polar surface area (TPSA) is 35.5 Å². The molecule has 1 unspecified atom stereocenters. The zero-order valence-electron chi connectivity index (χ0n) is 6.72. The molecular weight excluding hydrogens is 132 g/mol. The van der Waals surface area contributed by atoms with Crippen molar-refractivity contribution in [2.24, 2.45) is 0 Å². The summed E-state index contributed by atoms with van der Waals surface area (Å²) in [7, 11) is 1.56. The molecular formula is C7H14O3. The van der Waals surface area contributed by atoms with Gasteiger partial charge in [-0.15, -0.1) is 0 Å². The zero-order valence-corrected chi connectivity index (χ0v) is 6.72. The van der Waals surface area contributed by atoms with E-state index in [2.05, 4.69) is 0 Å². The number of hydrogen-bond acceptors (Lipinski definition) is 3. The molecule has 0 heterocycles. The third-order valence-electron chi connectivity index (χ3n) is 1.07. The Morgan fingerprint density at radius 3 is 2.50 bits per heavy atom. The van der Waals surface area contributed by atoms with Crippen LogP contribution >= 0.6 is 0 Å². The monoisotopic (exact) mass is 146 g/mol. The molecule has 1 atom stereocenters. The van der Waals surface area contributed by atoms with Crippen LogP contribution in [-0.2, 0) is 14.3 Å². The summed E-state index contributed by atoms with van der Waals surface area (Å²) >= 11 is 0. The summed E-state index contributed by atoms with van der Waals surface area (Å²) in [5, 5.41) is 0. The molecule has 0 aliphatic heterocycles. The van der Waals surface area contributed by atoms with Crippen molar-refractivity contribution in [3.63, 3.8) is 0 Å². The second kappa shape index (κ2) is 5.38. The molecule has 0 radical (unpaired) electrons. The minimum Gasteiger partial charge on any atom is -0.356 e. The number of ketones is 1. The highest BCUT2D eigenvalue weighted by Crippen LogP contribution is 1.97. The van der Waals surface area contributed by atoms with Crippen LogP contribution in [0.15, 0.2) is 0 Å². The lowest BCUT2D eigenvalue weighted by molar-refractivity contribution is -0.145. The van der Waals surface area contributed by atoms with E-state index in [1.165, 1.54) is 6.92 Å². The average Bonchev–Trinajstić information content (AvgIpc) is 1.90. The zero-order chi connectivity index (χ0) is 7.98. The van der Waals surface area contributed by atoms with Crippen molar-refractivity contribution in [1.82, 2.24) is 0 Å². The van der Waals surface area contributed by atoms with Gasteiger partial charge in [0.1, 0.15) is 6.61 Å². The molecule has 0 aromatic heterocycles. The first kappa shape index (κ1) is 9.59. The first-order valence-electron chi connectivity index (χ1n) is 3.34. The standard InChI is InChI=1S/C7H14O3/c1-4-7(9-3)10-5-6(2)8/h7H,4-5H2,1-3H3. The second-order valence-electron chi connectivity index (χ2n) is 2.09. The van der Waals surface area contributed by atoms with Gasteiger partial charge in [0.05, 0.1) is 0 Å². The number of rotatable bonds is 5. The van der Waals surface area contributed by atoms with Crippen LogP contribution in [0.5, 0.6) is 0 Å². The Morgan fingerprint density at radius 1 is 1.60 bits per heavy atom. The van der Waals surface area contributed by atoms with Crippen LogP contribution in [0, 0.1) is 0 Å². The minimum atomic E-state index is -0.233. The lowest BCUT2D eigenvalue weighted by atomic mass is 10.4. The number of Topliss-reactive ketones (excluding diaryl/α,β-unsaturated/α-hetero) is 1. The Kier molecular flexibility index (Phi) is 5.16. The van der Waals surface area contributed by atoms with E-state index in [1.807, 2.05) is 6.92 Å². The van der Waals surface area contributed by atoms with Gasteiger partial charge in [0, 0.05) is 7.11 Å². The minimum absolute atomic E-state index is 0.0236. The molecule has 0 fully saturated rings. The highest BCUT2D eigenvalue weighted by Gasteiger charge is 2.03. The van der Waals surface area contributed by atoms with E-state index >= 15 is 0 Å². The van der Waals surface area contributed by atoms with Gasteiger partial charge in [0.2, 0.25) is 0 Å². The average molecular weight is 146 g/mol. The van der Waals surface area contributed by atoms with Gasteiger partial charge in [-0.25, -0.2) is 0 Å². The van der Waals surface area contributed by atoms with E-state index < -0.39 is 0 Å². The Hall–Kier alpha value is -0.410. The first-order chi connectivity index (χ1) is 4.70. The maximum Gasteiger partial charge on any atom is 0.157 e. The smallest absolute Gasteiger partial charge is 0.157 e. The largest absolute Gasteiger partial charge is 0.356 e. The van der Waals surface area contributed by atoms with Gasteiger partial charge in [-0.05, 0) is 13.3 Å². The van der Waals surface area contributed by atoms with E-state index in [0.717, 1.165) is 6.42 Å². The molecule has 0 saturated carbocycles. The van der Waals surface area contributed by atoms with Gasteiger partial charge >= 0.3 is 0 Å². The number of hydrogen-bond donors (Lipinski definition) is 0. The summed E-state index contributed by atoms with van der Waals surface area (Å²) < 4.78 is 9.91. The summed E-state index contributed by atoms with van der Waals surface area (Å²) in [5.74, 6) is 0.0236. The maximum absolute atomic E-state index is 10.4. The number of carbonyl (C=O) groups is 1. The van der Waals surface area contributed by atoms with Crippen LogP contribution in [0.4, 0.5) is 0 Å².